The number of thiophene rings is 1. The molecular formula is C14H16N2O2S. The van der Waals surface area contributed by atoms with E-state index >= 15 is 0 Å². The zero-order valence-electron chi connectivity index (χ0n) is 11.0. The van der Waals surface area contributed by atoms with Crippen LogP contribution < -0.4 is 0 Å². The number of aliphatic hydroxyl groups is 1. The number of hydrogen-bond donors (Lipinski definition) is 1. The molecule has 1 N–H and O–H groups in total. The minimum atomic E-state index is -0.103. The summed E-state index contributed by atoms with van der Waals surface area (Å²) in [5.41, 5.74) is 1.89. The summed E-state index contributed by atoms with van der Waals surface area (Å²) in [4.78, 5) is 3.44. The van der Waals surface area contributed by atoms with Crippen molar-refractivity contribution in [2.45, 2.75) is 19.5 Å². The van der Waals surface area contributed by atoms with Crippen LogP contribution in [0.25, 0.3) is 0 Å². The van der Waals surface area contributed by atoms with E-state index in [2.05, 4.69) is 41.9 Å². The maximum atomic E-state index is 8.66. The van der Waals surface area contributed by atoms with Crippen molar-refractivity contribution in [2.75, 3.05) is 13.7 Å². The van der Waals surface area contributed by atoms with Crippen LogP contribution in [0.2, 0.25) is 0 Å². The topological polar surface area (TPSA) is 49.5 Å². The first kappa shape index (κ1) is 13.8. The molecule has 2 heterocycles. The summed E-state index contributed by atoms with van der Waals surface area (Å²) in [5, 5.41) is 14.6. The molecule has 2 aromatic rings. The van der Waals surface area contributed by atoms with Crippen LogP contribution in [0.5, 0.6) is 0 Å². The second-order valence-electron chi connectivity index (χ2n) is 4.28. The highest BCUT2D eigenvalue weighted by Gasteiger charge is 2.15. The van der Waals surface area contributed by atoms with Crippen molar-refractivity contribution >= 4 is 11.3 Å². The van der Waals surface area contributed by atoms with Crippen molar-refractivity contribution in [1.29, 1.82) is 0 Å². The average Bonchev–Trinajstić information content (AvgIpc) is 3.06. The molecule has 0 fully saturated rings. The summed E-state index contributed by atoms with van der Waals surface area (Å²) in [6.07, 6.45) is 1.59. The van der Waals surface area contributed by atoms with Gasteiger partial charge in [-0.1, -0.05) is 17.0 Å². The molecule has 2 aromatic heterocycles. The van der Waals surface area contributed by atoms with Crippen LogP contribution in [-0.2, 0) is 6.54 Å². The quantitative estimate of drug-likeness (QED) is 0.870. The highest BCUT2D eigenvalue weighted by atomic mass is 32.1. The molecule has 0 aliphatic carbocycles. The molecule has 2 rings (SSSR count). The lowest BCUT2D eigenvalue weighted by molar-refractivity contribution is 0.243. The molecule has 5 heteroatoms. The monoisotopic (exact) mass is 276 g/mol. The number of rotatable bonds is 4. The van der Waals surface area contributed by atoms with Crippen molar-refractivity contribution < 1.29 is 9.63 Å². The van der Waals surface area contributed by atoms with Crippen molar-refractivity contribution in [3.8, 4) is 11.8 Å². The van der Waals surface area contributed by atoms with Crippen LogP contribution in [0.1, 0.15) is 29.1 Å². The standard InChI is InChI=1S/C14H16N2O2S/c1-11(14-5-7-18-15-14)16(2)9-13-8-12(10-19-13)4-3-6-17/h5,7-8,10-11,17H,6,9H2,1-2H3/t11-/m1/s1. The van der Waals surface area contributed by atoms with Crippen LogP contribution in [0.4, 0.5) is 0 Å². The Morgan fingerprint density at radius 2 is 2.42 bits per heavy atom. The van der Waals surface area contributed by atoms with E-state index in [0.29, 0.717) is 0 Å². The highest BCUT2D eigenvalue weighted by Crippen LogP contribution is 2.22. The lowest BCUT2D eigenvalue weighted by Crippen LogP contribution is -2.21. The Hall–Kier alpha value is -1.61. The van der Waals surface area contributed by atoms with Crippen LogP contribution in [0.3, 0.4) is 0 Å². The summed E-state index contributed by atoms with van der Waals surface area (Å²) < 4.78 is 4.87. The molecule has 0 aliphatic heterocycles. The first-order valence-corrected chi connectivity index (χ1v) is 6.86. The molecule has 0 aliphatic rings. The minimum Gasteiger partial charge on any atom is -0.384 e. The van der Waals surface area contributed by atoms with Crippen LogP contribution in [0.15, 0.2) is 28.3 Å². The SMILES string of the molecule is C[C@H](c1ccon1)N(C)Cc1cc(C#CCO)cs1. The molecule has 0 radical (unpaired) electrons. The Bertz CT molecular complexity index is 566. The summed E-state index contributed by atoms with van der Waals surface area (Å²) in [6, 6.07) is 4.14. The fourth-order valence-electron chi connectivity index (χ4n) is 1.72. The second kappa shape index (κ2) is 6.53. The number of hydrogen-bond acceptors (Lipinski definition) is 5. The molecule has 0 spiro atoms. The largest absolute Gasteiger partial charge is 0.384 e. The molecule has 1 atom stereocenters. The average molecular weight is 276 g/mol. The summed E-state index contributed by atoms with van der Waals surface area (Å²) in [6.45, 7) is 2.83. The van der Waals surface area contributed by atoms with Gasteiger partial charge in [-0.05, 0) is 20.0 Å². The first-order valence-electron chi connectivity index (χ1n) is 5.98. The number of aliphatic hydroxyl groups excluding tert-OH is 1. The normalized spacial score (nSPS) is 12.2. The smallest absolute Gasteiger partial charge is 0.124 e. The zero-order valence-corrected chi connectivity index (χ0v) is 11.8. The van der Waals surface area contributed by atoms with Gasteiger partial charge in [-0.2, -0.15) is 0 Å². The van der Waals surface area contributed by atoms with Crippen molar-refractivity contribution in [3.05, 3.63) is 39.9 Å². The Labute approximate surface area is 116 Å². The first-order chi connectivity index (χ1) is 9.20. The fourth-order valence-corrected chi connectivity index (χ4v) is 2.60. The van der Waals surface area contributed by atoms with E-state index < -0.39 is 0 Å². The third-order valence-corrected chi connectivity index (χ3v) is 3.84. The highest BCUT2D eigenvalue weighted by molar-refractivity contribution is 7.10. The van der Waals surface area contributed by atoms with E-state index in [1.165, 1.54) is 4.88 Å². The molecule has 0 bridgehead atoms. The van der Waals surface area contributed by atoms with Gasteiger partial charge in [0.25, 0.3) is 0 Å². The minimum absolute atomic E-state index is 0.103. The van der Waals surface area contributed by atoms with Gasteiger partial charge in [-0.3, -0.25) is 4.90 Å². The molecule has 0 amide bonds. The summed E-state index contributed by atoms with van der Waals surface area (Å²) in [5.74, 6) is 5.56. The van der Waals surface area contributed by atoms with E-state index in [0.717, 1.165) is 17.8 Å². The molecule has 19 heavy (non-hydrogen) atoms. The van der Waals surface area contributed by atoms with Gasteiger partial charge in [0, 0.05) is 28.4 Å². The van der Waals surface area contributed by atoms with Crippen molar-refractivity contribution in [1.82, 2.24) is 10.1 Å². The van der Waals surface area contributed by atoms with E-state index in [1.54, 1.807) is 17.6 Å². The van der Waals surface area contributed by atoms with Crippen molar-refractivity contribution in [2.24, 2.45) is 0 Å². The molecule has 0 saturated carbocycles. The molecule has 0 unspecified atom stereocenters. The van der Waals surface area contributed by atoms with Gasteiger partial charge in [-0.25, -0.2) is 0 Å². The van der Waals surface area contributed by atoms with Gasteiger partial charge in [-0.15, -0.1) is 11.3 Å². The lowest BCUT2D eigenvalue weighted by atomic mass is 10.2. The van der Waals surface area contributed by atoms with E-state index in [9.17, 15) is 0 Å². The van der Waals surface area contributed by atoms with Gasteiger partial charge in [0.05, 0.1) is 6.04 Å². The van der Waals surface area contributed by atoms with Crippen LogP contribution >= 0.6 is 11.3 Å². The van der Waals surface area contributed by atoms with Gasteiger partial charge in [0.2, 0.25) is 0 Å². The van der Waals surface area contributed by atoms with Crippen LogP contribution in [0, 0.1) is 11.8 Å². The lowest BCUT2D eigenvalue weighted by Gasteiger charge is -2.21. The number of nitrogens with zero attached hydrogens (tertiary/aromatic N) is 2. The summed E-state index contributed by atoms with van der Waals surface area (Å²) in [7, 11) is 2.05. The van der Waals surface area contributed by atoms with E-state index in [1.807, 2.05) is 11.4 Å². The predicted octanol–water partition coefficient (Wildman–Crippen LogP) is 2.27. The van der Waals surface area contributed by atoms with Crippen molar-refractivity contribution in [3.63, 3.8) is 0 Å². The maximum absolute atomic E-state index is 8.66. The van der Waals surface area contributed by atoms with E-state index in [-0.39, 0.29) is 12.6 Å². The van der Waals surface area contributed by atoms with E-state index in [4.69, 9.17) is 9.63 Å². The molecule has 0 aromatic carbocycles. The molecule has 0 saturated heterocycles. The molecule has 100 valence electrons. The predicted molar refractivity (Wildman–Crippen MR) is 74.7 cm³/mol. The Kier molecular flexibility index (Phi) is 4.74. The van der Waals surface area contributed by atoms with Gasteiger partial charge in [0.15, 0.2) is 0 Å². The van der Waals surface area contributed by atoms with Gasteiger partial charge >= 0.3 is 0 Å². The molecular weight excluding hydrogens is 260 g/mol. The Balaban J connectivity index is 1.98. The van der Waals surface area contributed by atoms with Gasteiger partial charge < -0.3 is 9.63 Å². The second-order valence-corrected chi connectivity index (χ2v) is 5.27. The summed E-state index contributed by atoms with van der Waals surface area (Å²) >= 11 is 1.67. The number of aromatic nitrogens is 1. The third kappa shape index (κ3) is 3.67. The van der Waals surface area contributed by atoms with Crippen LogP contribution in [-0.4, -0.2) is 28.8 Å². The third-order valence-electron chi connectivity index (χ3n) is 2.92. The molecule has 4 nitrogen and oxygen atoms in total. The zero-order chi connectivity index (χ0) is 13.7. The van der Waals surface area contributed by atoms with Gasteiger partial charge in [0.1, 0.15) is 18.6 Å². The Morgan fingerprint density at radius 1 is 1.58 bits per heavy atom. The maximum Gasteiger partial charge on any atom is 0.124 e. The Morgan fingerprint density at radius 3 is 3.11 bits per heavy atom. The fraction of sp³-hybridized carbons (Fsp3) is 0.357.